The summed E-state index contributed by atoms with van der Waals surface area (Å²) in [6, 6.07) is 13.5. The van der Waals surface area contributed by atoms with Crippen molar-refractivity contribution in [2.24, 2.45) is 0 Å². The summed E-state index contributed by atoms with van der Waals surface area (Å²) in [6.45, 7) is 1.10. The van der Waals surface area contributed by atoms with E-state index in [-0.39, 0.29) is 0 Å². The fraction of sp³-hybridized carbons (Fsp3) is 0.294. The fourth-order valence-electron chi connectivity index (χ4n) is 3.22. The average Bonchev–Trinajstić information content (AvgIpc) is 3.16. The summed E-state index contributed by atoms with van der Waals surface area (Å²) in [5.41, 5.74) is 1.41. The van der Waals surface area contributed by atoms with Crippen molar-refractivity contribution < 1.29 is 0 Å². The molecule has 1 fully saturated rings. The van der Waals surface area contributed by atoms with Crippen LogP contribution in [0.4, 0.5) is 5.82 Å². The van der Waals surface area contributed by atoms with Crippen LogP contribution in [0.25, 0.3) is 10.2 Å². The van der Waals surface area contributed by atoms with Crippen molar-refractivity contribution in [1.29, 1.82) is 0 Å². The van der Waals surface area contributed by atoms with Crippen LogP contribution in [0, 0.1) is 0 Å². The Labute approximate surface area is 128 Å². The average molecular weight is 295 g/mol. The first-order valence-corrected chi connectivity index (χ1v) is 8.28. The van der Waals surface area contributed by atoms with Crippen molar-refractivity contribution in [2.45, 2.75) is 25.3 Å². The molecule has 0 radical (unpaired) electrons. The van der Waals surface area contributed by atoms with E-state index in [1.807, 2.05) is 0 Å². The van der Waals surface area contributed by atoms with E-state index in [4.69, 9.17) is 0 Å². The highest BCUT2D eigenvalue weighted by Crippen LogP contribution is 2.32. The molecular formula is C17H17N3S. The van der Waals surface area contributed by atoms with E-state index in [2.05, 4.69) is 56.6 Å². The Morgan fingerprint density at radius 3 is 2.95 bits per heavy atom. The van der Waals surface area contributed by atoms with Gasteiger partial charge in [0.1, 0.15) is 17.0 Å². The molecule has 1 unspecified atom stereocenters. The number of fused-ring (bicyclic) bond motifs is 1. The highest BCUT2D eigenvalue weighted by molar-refractivity contribution is 7.16. The van der Waals surface area contributed by atoms with E-state index in [9.17, 15) is 0 Å². The molecule has 4 heteroatoms. The maximum Gasteiger partial charge on any atom is 0.141 e. The van der Waals surface area contributed by atoms with Crippen LogP contribution in [0.1, 0.15) is 18.4 Å². The van der Waals surface area contributed by atoms with Gasteiger partial charge >= 0.3 is 0 Å². The molecule has 2 aromatic heterocycles. The monoisotopic (exact) mass is 295 g/mol. The molecule has 0 bridgehead atoms. The Hall–Kier alpha value is -1.94. The van der Waals surface area contributed by atoms with Crippen molar-refractivity contribution in [2.75, 3.05) is 11.4 Å². The molecular weight excluding hydrogens is 278 g/mol. The van der Waals surface area contributed by atoms with Gasteiger partial charge in [-0.05, 0) is 36.3 Å². The molecule has 1 atom stereocenters. The molecule has 1 aliphatic rings. The number of nitrogens with zero attached hydrogens (tertiary/aromatic N) is 3. The van der Waals surface area contributed by atoms with Gasteiger partial charge in [-0.2, -0.15) is 0 Å². The van der Waals surface area contributed by atoms with Crippen molar-refractivity contribution in [1.82, 2.24) is 9.97 Å². The van der Waals surface area contributed by atoms with Gasteiger partial charge in [0, 0.05) is 12.6 Å². The van der Waals surface area contributed by atoms with Crippen molar-refractivity contribution in [3.8, 4) is 0 Å². The molecule has 3 nitrogen and oxygen atoms in total. The first-order valence-electron chi connectivity index (χ1n) is 7.40. The first-order chi connectivity index (χ1) is 10.4. The SMILES string of the molecule is c1ccc(CC2CCCN2c2ncnc3sccc23)cc1. The van der Waals surface area contributed by atoms with Gasteiger partial charge in [-0.3, -0.25) is 0 Å². The molecule has 106 valence electrons. The Morgan fingerprint density at radius 2 is 2.05 bits per heavy atom. The van der Waals surface area contributed by atoms with Crippen LogP contribution in [-0.2, 0) is 6.42 Å². The lowest BCUT2D eigenvalue weighted by Gasteiger charge is -2.26. The molecule has 3 aromatic rings. The fourth-order valence-corrected chi connectivity index (χ4v) is 3.95. The molecule has 3 heterocycles. The Bertz CT molecular complexity index is 738. The summed E-state index contributed by atoms with van der Waals surface area (Å²) in [7, 11) is 0. The normalized spacial score (nSPS) is 18.5. The molecule has 0 amide bonds. The van der Waals surface area contributed by atoms with Gasteiger partial charge < -0.3 is 4.90 Å². The minimum absolute atomic E-state index is 0.547. The summed E-state index contributed by atoms with van der Waals surface area (Å²) >= 11 is 1.69. The Morgan fingerprint density at radius 1 is 1.14 bits per heavy atom. The summed E-state index contributed by atoms with van der Waals surface area (Å²) in [5.74, 6) is 1.11. The number of thiophene rings is 1. The predicted octanol–water partition coefficient (Wildman–Crippen LogP) is 3.90. The number of aromatic nitrogens is 2. The third-order valence-electron chi connectivity index (χ3n) is 4.20. The van der Waals surface area contributed by atoms with Crippen LogP contribution in [0.3, 0.4) is 0 Å². The Balaban J connectivity index is 1.66. The van der Waals surface area contributed by atoms with Crippen LogP contribution in [0.15, 0.2) is 48.1 Å². The molecule has 0 spiro atoms. The van der Waals surface area contributed by atoms with Crippen LogP contribution in [0.5, 0.6) is 0 Å². The molecule has 1 saturated heterocycles. The second-order valence-electron chi connectivity index (χ2n) is 5.52. The second kappa shape index (κ2) is 5.45. The van der Waals surface area contributed by atoms with E-state index >= 15 is 0 Å². The zero-order valence-electron chi connectivity index (χ0n) is 11.8. The van der Waals surface area contributed by atoms with Gasteiger partial charge in [0.05, 0.1) is 5.39 Å². The van der Waals surface area contributed by atoms with E-state index < -0.39 is 0 Å². The van der Waals surface area contributed by atoms with Gasteiger partial charge in [-0.1, -0.05) is 30.3 Å². The number of anilines is 1. The number of benzene rings is 1. The summed E-state index contributed by atoms with van der Waals surface area (Å²) in [6.07, 6.45) is 5.28. The van der Waals surface area contributed by atoms with Gasteiger partial charge in [0.15, 0.2) is 0 Å². The summed E-state index contributed by atoms with van der Waals surface area (Å²) < 4.78 is 0. The lowest BCUT2D eigenvalue weighted by atomic mass is 10.0. The highest BCUT2D eigenvalue weighted by Gasteiger charge is 2.27. The van der Waals surface area contributed by atoms with E-state index in [1.54, 1.807) is 17.7 Å². The minimum Gasteiger partial charge on any atom is -0.353 e. The van der Waals surface area contributed by atoms with Crippen LogP contribution >= 0.6 is 11.3 Å². The Kier molecular flexibility index (Phi) is 3.31. The first kappa shape index (κ1) is 12.8. The maximum absolute atomic E-state index is 4.57. The van der Waals surface area contributed by atoms with Crippen LogP contribution in [0.2, 0.25) is 0 Å². The molecule has 21 heavy (non-hydrogen) atoms. The standard InChI is InChI=1S/C17H17N3S/c1-2-5-13(6-3-1)11-14-7-4-9-20(14)16-15-8-10-21-17(15)19-12-18-16/h1-3,5-6,8,10,12,14H,4,7,9,11H2. The molecule has 1 aromatic carbocycles. The molecule has 0 aliphatic carbocycles. The highest BCUT2D eigenvalue weighted by atomic mass is 32.1. The topological polar surface area (TPSA) is 29.0 Å². The summed E-state index contributed by atoms with van der Waals surface area (Å²) in [4.78, 5) is 12.5. The third kappa shape index (κ3) is 2.40. The van der Waals surface area contributed by atoms with Gasteiger partial charge in [-0.25, -0.2) is 9.97 Å². The van der Waals surface area contributed by atoms with E-state index in [0.29, 0.717) is 6.04 Å². The van der Waals surface area contributed by atoms with Gasteiger partial charge in [-0.15, -0.1) is 11.3 Å². The maximum atomic E-state index is 4.57. The van der Waals surface area contributed by atoms with Crippen LogP contribution < -0.4 is 4.90 Å². The molecule has 1 aliphatic heterocycles. The molecule has 4 rings (SSSR count). The zero-order chi connectivity index (χ0) is 14.1. The van der Waals surface area contributed by atoms with E-state index in [1.165, 1.54) is 23.8 Å². The quantitative estimate of drug-likeness (QED) is 0.734. The van der Waals surface area contributed by atoms with E-state index in [0.717, 1.165) is 23.6 Å². The van der Waals surface area contributed by atoms with Gasteiger partial charge in [0.25, 0.3) is 0 Å². The number of hydrogen-bond donors (Lipinski definition) is 0. The molecule has 0 N–H and O–H groups in total. The van der Waals surface area contributed by atoms with Crippen molar-refractivity contribution >= 4 is 27.4 Å². The van der Waals surface area contributed by atoms with Crippen molar-refractivity contribution in [3.05, 3.63) is 53.7 Å². The lowest BCUT2D eigenvalue weighted by Crippen LogP contribution is -2.31. The number of rotatable bonds is 3. The zero-order valence-corrected chi connectivity index (χ0v) is 12.6. The summed E-state index contributed by atoms with van der Waals surface area (Å²) in [5, 5.41) is 3.30. The largest absolute Gasteiger partial charge is 0.353 e. The third-order valence-corrected chi connectivity index (χ3v) is 5.02. The van der Waals surface area contributed by atoms with Gasteiger partial charge in [0.2, 0.25) is 0 Å². The number of hydrogen-bond acceptors (Lipinski definition) is 4. The second-order valence-corrected chi connectivity index (χ2v) is 6.41. The lowest BCUT2D eigenvalue weighted by molar-refractivity contribution is 0.659. The smallest absolute Gasteiger partial charge is 0.141 e. The molecule has 0 saturated carbocycles. The van der Waals surface area contributed by atoms with Crippen molar-refractivity contribution in [3.63, 3.8) is 0 Å². The minimum atomic E-state index is 0.547. The van der Waals surface area contributed by atoms with Crippen LogP contribution in [-0.4, -0.2) is 22.6 Å². The predicted molar refractivity (Wildman–Crippen MR) is 87.9 cm³/mol.